The molecule has 0 saturated carbocycles. The lowest BCUT2D eigenvalue weighted by atomic mass is 10.2. The van der Waals surface area contributed by atoms with E-state index in [1.165, 1.54) is 23.1 Å². The summed E-state index contributed by atoms with van der Waals surface area (Å²) >= 11 is 5.87. The molecule has 0 unspecified atom stereocenters. The van der Waals surface area contributed by atoms with Gasteiger partial charge in [-0.2, -0.15) is 0 Å². The zero-order chi connectivity index (χ0) is 13.0. The van der Waals surface area contributed by atoms with Crippen LogP contribution in [-0.4, -0.2) is 42.6 Å². The number of benzene rings is 1. The quantitative estimate of drug-likeness (QED) is 0.888. The first-order chi connectivity index (χ1) is 7.91. The molecular formula is C11H12ClNO4. The Morgan fingerprint density at radius 2 is 2.06 bits per heavy atom. The number of aliphatic carboxylic acids is 1. The first-order valence-corrected chi connectivity index (χ1v) is 5.15. The molecule has 0 spiro atoms. The largest absolute Gasteiger partial charge is 0.480 e. The molecule has 1 amide bonds. The number of hydrogen-bond acceptors (Lipinski definition) is 3. The molecule has 0 saturated heterocycles. The first-order valence-electron chi connectivity index (χ1n) is 4.77. The SMILES string of the molecule is CN(C)C(=O)c1ccc(OCC(=O)O)c(Cl)c1. The average Bonchev–Trinajstić information content (AvgIpc) is 2.26. The fraction of sp³-hybridized carbons (Fsp3) is 0.273. The van der Waals surface area contributed by atoms with E-state index < -0.39 is 12.6 Å². The Morgan fingerprint density at radius 1 is 1.41 bits per heavy atom. The van der Waals surface area contributed by atoms with Gasteiger partial charge in [0.2, 0.25) is 0 Å². The highest BCUT2D eigenvalue weighted by molar-refractivity contribution is 6.32. The van der Waals surface area contributed by atoms with Crippen LogP contribution in [0.25, 0.3) is 0 Å². The predicted molar refractivity (Wildman–Crippen MR) is 62.6 cm³/mol. The van der Waals surface area contributed by atoms with E-state index in [4.69, 9.17) is 21.4 Å². The molecule has 1 rings (SSSR count). The van der Waals surface area contributed by atoms with Gasteiger partial charge in [0.05, 0.1) is 5.02 Å². The van der Waals surface area contributed by atoms with Crippen LogP contribution in [0.5, 0.6) is 5.75 Å². The number of hydrogen-bond donors (Lipinski definition) is 1. The summed E-state index contributed by atoms with van der Waals surface area (Å²) in [7, 11) is 3.26. The minimum Gasteiger partial charge on any atom is -0.480 e. The highest BCUT2D eigenvalue weighted by Crippen LogP contribution is 2.25. The second-order valence-electron chi connectivity index (χ2n) is 3.53. The zero-order valence-electron chi connectivity index (χ0n) is 9.44. The number of carbonyl (C=O) groups excluding carboxylic acids is 1. The van der Waals surface area contributed by atoms with E-state index >= 15 is 0 Å². The van der Waals surface area contributed by atoms with Crippen molar-refractivity contribution >= 4 is 23.5 Å². The van der Waals surface area contributed by atoms with E-state index in [-0.39, 0.29) is 16.7 Å². The smallest absolute Gasteiger partial charge is 0.341 e. The Morgan fingerprint density at radius 3 is 2.53 bits per heavy atom. The van der Waals surface area contributed by atoms with E-state index in [0.717, 1.165) is 0 Å². The molecule has 0 radical (unpaired) electrons. The van der Waals surface area contributed by atoms with Crippen molar-refractivity contribution in [2.75, 3.05) is 20.7 Å². The van der Waals surface area contributed by atoms with Gasteiger partial charge in [-0.05, 0) is 18.2 Å². The number of halogens is 1. The maximum atomic E-state index is 11.6. The molecule has 0 aliphatic rings. The molecule has 17 heavy (non-hydrogen) atoms. The third kappa shape index (κ3) is 3.64. The Hall–Kier alpha value is -1.75. The van der Waals surface area contributed by atoms with Gasteiger partial charge in [0.15, 0.2) is 6.61 Å². The summed E-state index contributed by atoms with van der Waals surface area (Å²) in [6.45, 7) is -0.472. The summed E-state index contributed by atoms with van der Waals surface area (Å²) in [5, 5.41) is 8.66. The lowest BCUT2D eigenvalue weighted by Gasteiger charge is -2.11. The molecular weight excluding hydrogens is 246 g/mol. The molecule has 1 aromatic rings. The van der Waals surface area contributed by atoms with Crippen LogP contribution in [0.15, 0.2) is 18.2 Å². The lowest BCUT2D eigenvalue weighted by Crippen LogP contribution is -2.21. The van der Waals surface area contributed by atoms with Crippen molar-refractivity contribution in [2.24, 2.45) is 0 Å². The average molecular weight is 258 g/mol. The Kier molecular flexibility index (Phi) is 4.34. The summed E-state index contributed by atoms with van der Waals surface area (Å²) < 4.78 is 4.94. The van der Waals surface area contributed by atoms with Gasteiger partial charge < -0.3 is 14.7 Å². The number of rotatable bonds is 4. The predicted octanol–water partition coefficient (Wildman–Crippen LogP) is 1.51. The topological polar surface area (TPSA) is 66.8 Å². The molecule has 1 aromatic carbocycles. The van der Waals surface area contributed by atoms with Gasteiger partial charge >= 0.3 is 5.97 Å². The van der Waals surface area contributed by atoms with E-state index in [0.29, 0.717) is 5.56 Å². The maximum absolute atomic E-state index is 11.6. The number of amides is 1. The summed E-state index contributed by atoms with van der Waals surface area (Å²) in [5.41, 5.74) is 0.419. The second kappa shape index (κ2) is 5.54. The minimum atomic E-state index is -1.09. The summed E-state index contributed by atoms with van der Waals surface area (Å²) in [6, 6.07) is 4.45. The number of carbonyl (C=O) groups is 2. The van der Waals surface area contributed by atoms with Gasteiger partial charge in [-0.1, -0.05) is 11.6 Å². The molecule has 6 heteroatoms. The van der Waals surface area contributed by atoms with E-state index in [9.17, 15) is 9.59 Å². The maximum Gasteiger partial charge on any atom is 0.341 e. The molecule has 1 N–H and O–H groups in total. The van der Waals surface area contributed by atoms with Crippen molar-refractivity contribution in [3.05, 3.63) is 28.8 Å². The van der Waals surface area contributed by atoms with Crippen LogP contribution in [-0.2, 0) is 4.79 Å². The molecule has 0 aliphatic heterocycles. The molecule has 92 valence electrons. The van der Waals surface area contributed by atoms with E-state index in [1.54, 1.807) is 14.1 Å². The Balaban J connectivity index is 2.86. The number of ether oxygens (including phenoxy) is 1. The van der Waals surface area contributed by atoms with Crippen LogP contribution in [0.3, 0.4) is 0 Å². The van der Waals surface area contributed by atoms with Crippen molar-refractivity contribution in [3.63, 3.8) is 0 Å². The normalized spacial score (nSPS) is 9.82. The van der Waals surface area contributed by atoms with Gasteiger partial charge in [0.1, 0.15) is 5.75 Å². The second-order valence-corrected chi connectivity index (χ2v) is 3.93. The van der Waals surface area contributed by atoms with Crippen molar-refractivity contribution < 1.29 is 19.4 Å². The molecule has 0 aromatic heterocycles. The standard InChI is InChI=1S/C11H12ClNO4/c1-13(2)11(16)7-3-4-9(8(12)5-7)17-6-10(14)15/h3-5H,6H2,1-2H3,(H,14,15). The summed E-state index contributed by atoms with van der Waals surface area (Å²) in [6.07, 6.45) is 0. The van der Waals surface area contributed by atoms with Crippen molar-refractivity contribution in [1.29, 1.82) is 0 Å². The molecule has 0 aliphatic carbocycles. The lowest BCUT2D eigenvalue weighted by molar-refractivity contribution is -0.139. The van der Waals surface area contributed by atoms with Crippen LogP contribution in [0.4, 0.5) is 0 Å². The number of carboxylic acids is 1. The minimum absolute atomic E-state index is 0.184. The fourth-order valence-electron chi connectivity index (χ4n) is 1.15. The van der Waals surface area contributed by atoms with Crippen LogP contribution in [0.1, 0.15) is 10.4 Å². The number of carboxylic acid groups (broad SMARTS) is 1. The molecule has 0 bridgehead atoms. The van der Waals surface area contributed by atoms with Crippen LogP contribution in [0, 0.1) is 0 Å². The fourth-order valence-corrected chi connectivity index (χ4v) is 1.38. The molecule has 0 fully saturated rings. The van der Waals surface area contributed by atoms with Crippen LogP contribution >= 0.6 is 11.6 Å². The number of nitrogens with zero attached hydrogens (tertiary/aromatic N) is 1. The van der Waals surface area contributed by atoms with Crippen molar-refractivity contribution in [1.82, 2.24) is 4.90 Å². The third-order valence-electron chi connectivity index (χ3n) is 1.94. The van der Waals surface area contributed by atoms with Crippen molar-refractivity contribution in [3.8, 4) is 5.75 Å². The van der Waals surface area contributed by atoms with E-state index in [1.807, 2.05) is 0 Å². The summed E-state index contributed by atoms with van der Waals surface area (Å²) in [4.78, 5) is 23.3. The first kappa shape index (κ1) is 13.3. The molecule has 0 heterocycles. The zero-order valence-corrected chi connectivity index (χ0v) is 10.2. The van der Waals surface area contributed by atoms with E-state index in [2.05, 4.69) is 0 Å². The van der Waals surface area contributed by atoms with Gasteiger partial charge in [-0.3, -0.25) is 4.79 Å². The van der Waals surface area contributed by atoms with Gasteiger partial charge in [0.25, 0.3) is 5.91 Å². The summed E-state index contributed by atoms with van der Waals surface area (Å²) in [5.74, 6) is -1.03. The Bertz CT molecular complexity index is 445. The Labute approximate surface area is 104 Å². The highest BCUT2D eigenvalue weighted by atomic mass is 35.5. The van der Waals surface area contributed by atoms with Crippen LogP contribution < -0.4 is 4.74 Å². The van der Waals surface area contributed by atoms with Gasteiger partial charge in [-0.25, -0.2) is 4.79 Å². The van der Waals surface area contributed by atoms with Crippen molar-refractivity contribution in [2.45, 2.75) is 0 Å². The van der Waals surface area contributed by atoms with Gasteiger partial charge in [-0.15, -0.1) is 0 Å². The molecule has 0 atom stereocenters. The third-order valence-corrected chi connectivity index (χ3v) is 2.23. The molecule has 5 nitrogen and oxygen atoms in total. The monoisotopic (exact) mass is 257 g/mol. The van der Waals surface area contributed by atoms with Gasteiger partial charge in [0, 0.05) is 19.7 Å². The highest BCUT2D eigenvalue weighted by Gasteiger charge is 2.11. The van der Waals surface area contributed by atoms with Crippen LogP contribution in [0.2, 0.25) is 5.02 Å².